The van der Waals surface area contributed by atoms with Gasteiger partial charge in [-0.3, -0.25) is 10.3 Å². The first-order chi connectivity index (χ1) is 14.0. The summed E-state index contributed by atoms with van der Waals surface area (Å²) in [4.78, 5) is 5.73. The van der Waals surface area contributed by atoms with E-state index in [0.29, 0.717) is 18.8 Å². The van der Waals surface area contributed by atoms with Gasteiger partial charge in [-0.2, -0.15) is 13.7 Å². The molecule has 0 radical (unpaired) electrons. The first kappa shape index (κ1) is 20.6. The molecule has 0 unspecified atom stereocenters. The first-order valence-corrected chi connectivity index (χ1v) is 11.0. The highest BCUT2D eigenvalue weighted by molar-refractivity contribution is 7.90. The summed E-state index contributed by atoms with van der Waals surface area (Å²) in [6.45, 7) is 3.27. The second kappa shape index (κ2) is 9.39. The lowest BCUT2D eigenvalue weighted by Gasteiger charge is -2.22. The molecule has 1 aliphatic heterocycles. The van der Waals surface area contributed by atoms with Crippen molar-refractivity contribution in [1.82, 2.24) is 15.2 Å². The highest BCUT2D eigenvalue weighted by Gasteiger charge is 2.22. The molecule has 152 valence electrons. The molecule has 0 aliphatic carbocycles. The van der Waals surface area contributed by atoms with Gasteiger partial charge in [0.1, 0.15) is 4.90 Å². The monoisotopic (exact) mass is 412 g/mol. The SMILES string of the molecule is Cc1cccc(Nc2ccncc2S(=O)(=O)N=C(NC#N)N2CCCCCC2)c1. The predicted molar refractivity (Wildman–Crippen MR) is 112 cm³/mol. The molecule has 2 heterocycles. The number of aryl methyl sites for hydroxylation is 1. The fraction of sp³-hybridized carbons (Fsp3) is 0.350. The van der Waals surface area contributed by atoms with E-state index in [2.05, 4.69) is 20.0 Å². The van der Waals surface area contributed by atoms with Gasteiger partial charge in [0.15, 0.2) is 6.19 Å². The van der Waals surface area contributed by atoms with Crippen LogP contribution < -0.4 is 10.6 Å². The molecule has 1 aromatic carbocycles. The molecule has 8 nitrogen and oxygen atoms in total. The topological polar surface area (TPSA) is 110 Å². The summed E-state index contributed by atoms with van der Waals surface area (Å²) < 4.78 is 30.1. The quantitative estimate of drug-likeness (QED) is 0.343. The Morgan fingerprint density at radius 1 is 1.21 bits per heavy atom. The molecule has 2 N–H and O–H groups in total. The Hall–Kier alpha value is -3.12. The number of hydrogen-bond acceptors (Lipinski definition) is 5. The molecule has 29 heavy (non-hydrogen) atoms. The summed E-state index contributed by atoms with van der Waals surface area (Å²) in [6, 6.07) is 9.21. The van der Waals surface area contributed by atoms with E-state index in [1.54, 1.807) is 12.3 Å². The second-order valence-corrected chi connectivity index (χ2v) is 8.47. The second-order valence-electron chi connectivity index (χ2n) is 6.89. The van der Waals surface area contributed by atoms with E-state index in [9.17, 15) is 8.42 Å². The summed E-state index contributed by atoms with van der Waals surface area (Å²) >= 11 is 0. The highest BCUT2D eigenvalue weighted by atomic mass is 32.2. The van der Waals surface area contributed by atoms with Gasteiger partial charge in [0.05, 0.1) is 5.69 Å². The van der Waals surface area contributed by atoms with E-state index in [-0.39, 0.29) is 10.9 Å². The van der Waals surface area contributed by atoms with Crippen LogP contribution in [-0.2, 0) is 10.0 Å². The Labute approximate surface area is 171 Å². The van der Waals surface area contributed by atoms with Gasteiger partial charge >= 0.3 is 0 Å². The maximum absolute atomic E-state index is 13.1. The van der Waals surface area contributed by atoms with E-state index < -0.39 is 10.0 Å². The van der Waals surface area contributed by atoms with Gasteiger partial charge in [-0.05, 0) is 43.5 Å². The summed E-state index contributed by atoms with van der Waals surface area (Å²) in [5, 5.41) is 14.7. The van der Waals surface area contributed by atoms with E-state index >= 15 is 0 Å². The van der Waals surface area contributed by atoms with Crippen LogP contribution in [0.3, 0.4) is 0 Å². The zero-order valence-corrected chi connectivity index (χ0v) is 17.1. The van der Waals surface area contributed by atoms with Crippen molar-refractivity contribution < 1.29 is 8.42 Å². The van der Waals surface area contributed by atoms with Crippen molar-refractivity contribution in [2.75, 3.05) is 18.4 Å². The van der Waals surface area contributed by atoms with E-state index in [1.165, 1.54) is 12.4 Å². The standard InChI is InChI=1S/C20H24N6O2S/c1-16-7-6-8-17(13-16)24-18-9-10-22-14-19(18)29(27,28)25-20(23-15-21)26-11-4-2-3-5-12-26/h6-10,13-14H,2-5,11-12H2,1H3,(H,22,24)(H,23,25). The van der Waals surface area contributed by atoms with Crippen molar-refractivity contribution >= 4 is 27.4 Å². The molecule has 1 aromatic heterocycles. The maximum Gasteiger partial charge on any atom is 0.289 e. The van der Waals surface area contributed by atoms with Gasteiger partial charge in [0.25, 0.3) is 10.0 Å². The highest BCUT2D eigenvalue weighted by Crippen LogP contribution is 2.26. The lowest BCUT2D eigenvalue weighted by Crippen LogP contribution is -2.40. The lowest BCUT2D eigenvalue weighted by molar-refractivity contribution is 0.425. The van der Waals surface area contributed by atoms with Gasteiger partial charge in [-0.15, -0.1) is 4.40 Å². The molecule has 2 aromatic rings. The molecular formula is C20H24N6O2S. The van der Waals surface area contributed by atoms with Crippen molar-refractivity contribution in [1.29, 1.82) is 5.26 Å². The third-order valence-electron chi connectivity index (χ3n) is 4.64. The predicted octanol–water partition coefficient (Wildman–Crippen LogP) is 3.13. The molecule has 1 fully saturated rings. The van der Waals surface area contributed by atoms with Crippen molar-refractivity contribution in [2.45, 2.75) is 37.5 Å². The fourth-order valence-corrected chi connectivity index (χ4v) is 4.30. The Morgan fingerprint density at radius 2 is 1.97 bits per heavy atom. The van der Waals surface area contributed by atoms with Crippen LogP contribution in [0, 0.1) is 18.4 Å². The number of guanidine groups is 1. The van der Waals surface area contributed by atoms with E-state index in [1.807, 2.05) is 36.1 Å². The molecular weight excluding hydrogens is 388 g/mol. The van der Waals surface area contributed by atoms with Crippen molar-refractivity contribution in [2.24, 2.45) is 4.40 Å². The van der Waals surface area contributed by atoms with Gasteiger partial charge in [-0.1, -0.05) is 25.0 Å². The molecule has 0 bridgehead atoms. The molecule has 0 saturated carbocycles. The average Bonchev–Trinajstić information content (AvgIpc) is 2.97. The summed E-state index contributed by atoms with van der Waals surface area (Å²) in [6.07, 6.45) is 8.61. The zero-order valence-electron chi connectivity index (χ0n) is 16.3. The number of nitrogens with zero attached hydrogens (tertiary/aromatic N) is 4. The number of benzene rings is 1. The minimum atomic E-state index is -4.10. The van der Waals surface area contributed by atoms with Crippen LogP contribution in [0.4, 0.5) is 11.4 Å². The molecule has 1 aliphatic rings. The van der Waals surface area contributed by atoms with E-state index in [0.717, 1.165) is 36.9 Å². The minimum Gasteiger partial charge on any atom is -0.354 e. The number of hydrogen-bond donors (Lipinski definition) is 2. The molecule has 0 spiro atoms. The third kappa shape index (κ3) is 5.45. The number of sulfonamides is 1. The Kier molecular flexibility index (Phi) is 6.67. The number of nitrogens with one attached hydrogen (secondary N) is 2. The molecule has 1 saturated heterocycles. The molecule has 0 atom stereocenters. The fourth-order valence-electron chi connectivity index (χ4n) is 3.22. The van der Waals surface area contributed by atoms with E-state index in [4.69, 9.17) is 5.26 Å². The number of anilines is 2. The van der Waals surface area contributed by atoms with Gasteiger partial charge in [0, 0.05) is 31.2 Å². The normalized spacial score (nSPS) is 15.3. The molecule has 0 amide bonds. The molecule has 3 rings (SSSR count). The Morgan fingerprint density at radius 3 is 2.66 bits per heavy atom. The van der Waals surface area contributed by atoms with Crippen LogP contribution >= 0.6 is 0 Å². The van der Waals surface area contributed by atoms with Gasteiger partial charge in [0.2, 0.25) is 5.96 Å². The summed E-state index contributed by atoms with van der Waals surface area (Å²) in [7, 11) is -4.10. The smallest absolute Gasteiger partial charge is 0.289 e. The number of rotatable bonds is 4. The van der Waals surface area contributed by atoms with Crippen molar-refractivity contribution in [3.05, 3.63) is 48.3 Å². The first-order valence-electron chi connectivity index (χ1n) is 9.52. The lowest BCUT2D eigenvalue weighted by atomic mass is 10.2. The van der Waals surface area contributed by atoms with Crippen LogP contribution in [0.5, 0.6) is 0 Å². The van der Waals surface area contributed by atoms with Gasteiger partial charge in [-0.25, -0.2) is 0 Å². The minimum absolute atomic E-state index is 0.0476. The largest absolute Gasteiger partial charge is 0.354 e. The Bertz CT molecular complexity index is 1020. The average molecular weight is 413 g/mol. The van der Waals surface area contributed by atoms with Crippen LogP contribution in [0.2, 0.25) is 0 Å². The number of likely N-dealkylation sites (tertiary alicyclic amines) is 1. The number of aromatic nitrogens is 1. The van der Waals surface area contributed by atoms with Crippen LogP contribution in [0.1, 0.15) is 31.2 Å². The van der Waals surface area contributed by atoms with Crippen molar-refractivity contribution in [3.8, 4) is 6.19 Å². The van der Waals surface area contributed by atoms with Crippen LogP contribution in [0.15, 0.2) is 52.0 Å². The van der Waals surface area contributed by atoms with Crippen LogP contribution in [-0.4, -0.2) is 37.4 Å². The zero-order chi connectivity index (χ0) is 20.7. The number of nitriles is 1. The van der Waals surface area contributed by atoms with Crippen LogP contribution in [0.25, 0.3) is 0 Å². The molecule has 9 heteroatoms. The van der Waals surface area contributed by atoms with Crippen molar-refractivity contribution in [3.63, 3.8) is 0 Å². The number of pyridine rings is 1. The summed E-state index contributed by atoms with van der Waals surface area (Å²) in [5.41, 5.74) is 2.19. The van der Waals surface area contributed by atoms with Gasteiger partial charge < -0.3 is 10.2 Å². The third-order valence-corrected chi connectivity index (χ3v) is 5.93. The Balaban J connectivity index is 1.95. The maximum atomic E-state index is 13.1. The summed E-state index contributed by atoms with van der Waals surface area (Å²) in [5.74, 6) is 0.0553.